The molecule has 3 rings (SSSR count). The molecule has 26 heavy (non-hydrogen) atoms. The number of carbonyl (C=O) groups excluding carboxylic acids is 1. The Bertz CT molecular complexity index is 995. The van der Waals surface area contributed by atoms with E-state index in [0.717, 1.165) is 6.29 Å². The first kappa shape index (κ1) is 17.2. The second-order valence-corrected chi connectivity index (χ2v) is 5.34. The van der Waals surface area contributed by atoms with E-state index >= 15 is 0 Å². The van der Waals surface area contributed by atoms with Crippen LogP contribution in [0.2, 0.25) is 0 Å². The van der Waals surface area contributed by atoms with Gasteiger partial charge in [-0.3, -0.25) is 0 Å². The minimum atomic E-state index is 0.292. The van der Waals surface area contributed by atoms with Gasteiger partial charge in [0.25, 0.3) is 0 Å². The van der Waals surface area contributed by atoms with Gasteiger partial charge in [0.1, 0.15) is 35.6 Å². The van der Waals surface area contributed by atoms with E-state index < -0.39 is 0 Å². The zero-order chi connectivity index (χ0) is 18.5. The summed E-state index contributed by atoms with van der Waals surface area (Å²) in [7, 11) is 3.15. The maximum atomic E-state index is 10.7. The molecule has 8 nitrogen and oxygen atoms in total. The number of hydrogen-bond donors (Lipinski definition) is 1. The number of nitrogens with zero attached hydrogens (tertiary/aromatic N) is 4. The number of nitrogens with two attached hydrogens (primary N) is 1. The Balaban J connectivity index is 2.07. The van der Waals surface area contributed by atoms with Crippen molar-refractivity contribution in [3.63, 3.8) is 0 Å². The van der Waals surface area contributed by atoms with Gasteiger partial charge in [-0.2, -0.15) is 5.10 Å². The van der Waals surface area contributed by atoms with Crippen LogP contribution in [0.3, 0.4) is 0 Å². The van der Waals surface area contributed by atoms with Crippen molar-refractivity contribution in [1.29, 1.82) is 0 Å². The number of nitrogen functional groups attached to an aromatic ring is 1. The predicted molar refractivity (Wildman–Crippen MR) is 95.9 cm³/mol. The van der Waals surface area contributed by atoms with Crippen molar-refractivity contribution < 1.29 is 14.3 Å². The van der Waals surface area contributed by atoms with Crippen LogP contribution in [0.5, 0.6) is 11.5 Å². The number of ether oxygens (including phenoxy) is 2. The number of methoxy groups -OCH3 is 2. The van der Waals surface area contributed by atoms with Gasteiger partial charge in [0.15, 0.2) is 5.65 Å². The van der Waals surface area contributed by atoms with Crippen molar-refractivity contribution in [3.8, 4) is 23.3 Å². The molecule has 2 heterocycles. The molecule has 1 aromatic carbocycles. The number of benzene rings is 1. The molecule has 0 amide bonds. The summed E-state index contributed by atoms with van der Waals surface area (Å²) in [6.07, 6.45) is 2.51. The molecule has 0 spiro atoms. The highest BCUT2D eigenvalue weighted by Crippen LogP contribution is 2.23. The monoisotopic (exact) mass is 351 g/mol. The first-order chi connectivity index (χ1) is 12.7. The van der Waals surface area contributed by atoms with Gasteiger partial charge in [-0.25, -0.2) is 14.6 Å². The van der Waals surface area contributed by atoms with Crippen LogP contribution < -0.4 is 15.2 Å². The standard InChI is InChI=1S/C18H17N5O3/c1-25-13-8-12(9-14(10-13)26-2)4-5-15-16-17(19)20-11-21-18(16)23(22-15)6-3-7-24/h7-11H,3,6H2,1-2H3,(H2,19,20,21). The van der Waals surface area contributed by atoms with E-state index in [1.165, 1.54) is 6.33 Å². The number of anilines is 1. The average molecular weight is 351 g/mol. The topological polar surface area (TPSA) is 105 Å². The number of hydrogen-bond acceptors (Lipinski definition) is 7. The molecular formula is C18H17N5O3. The molecule has 0 atom stereocenters. The largest absolute Gasteiger partial charge is 0.497 e. The van der Waals surface area contributed by atoms with Crippen LogP contribution in [0.25, 0.3) is 11.0 Å². The van der Waals surface area contributed by atoms with Gasteiger partial charge in [0, 0.05) is 24.6 Å². The first-order valence-corrected chi connectivity index (χ1v) is 7.82. The normalized spacial score (nSPS) is 10.2. The third kappa shape index (κ3) is 3.42. The van der Waals surface area contributed by atoms with Crippen molar-refractivity contribution >= 4 is 23.1 Å². The van der Waals surface area contributed by atoms with Crippen LogP contribution in [0.15, 0.2) is 24.5 Å². The maximum absolute atomic E-state index is 10.7. The summed E-state index contributed by atoms with van der Waals surface area (Å²) in [4.78, 5) is 18.9. The molecule has 0 saturated carbocycles. The zero-order valence-corrected chi connectivity index (χ0v) is 14.4. The molecule has 3 aromatic rings. The minimum absolute atomic E-state index is 0.292. The van der Waals surface area contributed by atoms with E-state index in [1.54, 1.807) is 37.1 Å². The van der Waals surface area contributed by atoms with Crippen LogP contribution >= 0.6 is 0 Å². The fraction of sp³-hybridized carbons (Fsp3) is 0.222. The maximum Gasteiger partial charge on any atom is 0.164 e. The number of rotatable bonds is 5. The molecule has 0 aliphatic heterocycles. The predicted octanol–water partition coefficient (Wildman–Crippen LogP) is 1.41. The lowest BCUT2D eigenvalue weighted by Gasteiger charge is -2.04. The molecule has 8 heteroatoms. The summed E-state index contributed by atoms with van der Waals surface area (Å²) in [6.45, 7) is 0.394. The van der Waals surface area contributed by atoms with E-state index in [1.807, 2.05) is 0 Å². The van der Waals surface area contributed by atoms with E-state index in [2.05, 4.69) is 26.9 Å². The van der Waals surface area contributed by atoms with Gasteiger partial charge in [0.05, 0.1) is 19.6 Å². The lowest BCUT2D eigenvalue weighted by atomic mass is 10.2. The Hall–Kier alpha value is -3.60. The molecular weight excluding hydrogens is 334 g/mol. The average Bonchev–Trinajstić information content (AvgIpc) is 3.03. The third-order valence-corrected chi connectivity index (χ3v) is 3.69. The fourth-order valence-electron chi connectivity index (χ4n) is 2.46. The SMILES string of the molecule is COc1cc(C#Cc2nn(CCC=O)c3ncnc(N)c23)cc(OC)c1. The van der Waals surface area contributed by atoms with Crippen LogP contribution in [0, 0.1) is 11.8 Å². The number of aryl methyl sites for hydroxylation is 1. The van der Waals surface area contributed by atoms with E-state index in [9.17, 15) is 4.79 Å². The number of aromatic nitrogens is 4. The Labute approximate surface area is 149 Å². The van der Waals surface area contributed by atoms with Gasteiger partial charge in [-0.15, -0.1) is 0 Å². The first-order valence-electron chi connectivity index (χ1n) is 7.82. The second kappa shape index (κ2) is 7.53. The number of carbonyl (C=O) groups is 1. The van der Waals surface area contributed by atoms with Crippen molar-refractivity contribution in [3.05, 3.63) is 35.8 Å². The van der Waals surface area contributed by atoms with Crippen molar-refractivity contribution in [1.82, 2.24) is 19.7 Å². The van der Waals surface area contributed by atoms with Crippen molar-refractivity contribution in [2.45, 2.75) is 13.0 Å². The summed E-state index contributed by atoms with van der Waals surface area (Å²) in [5.41, 5.74) is 7.68. The van der Waals surface area contributed by atoms with Crippen LogP contribution in [0.4, 0.5) is 5.82 Å². The molecule has 132 valence electrons. The molecule has 0 aliphatic rings. The van der Waals surface area contributed by atoms with Crippen LogP contribution in [0.1, 0.15) is 17.7 Å². The Morgan fingerprint density at radius 2 is 1.88 bits per heavy atom. The molecule has 0 radical (unpaired) electrons. The molecule has 2 N–H and O–H groups in total. The molecule has 0 fully saturated rings. The lowest BCUT2D eigenvalue weighted by molar-refractivity contribution is -0.108. The Morgan fingerprint density at radius 1 is 1.15 bits per heavy atom. The summed E-state index contributed by atoms with van der Waals surface area (Å²) in [6, 6.07) is 5.35. The zero-order valence-electron chi connectivity index (χ0n) is 14.4. The molecule has 0 bridgehead atoms. The van der Waals surface area contributed by atoms with Crippen LogP contribution in [-0.2, 0) is 11.3 Å². The lowest BCUT2D eigenvalue weighted by Crippen LogP contribution is -2.02. The Morgan fingerprint density at radius 3 is 2.54 bits per heavy atom. The molecule has 0 aliphatic carbocycles. The highest BCUT2D eigenvalue weighted by atomic mass is 16.5. The van der Waals surface area contributed by atoms with Crippen molar-refractivity contribution in [2.24, 2.45) is 0 Å². The fourth-order valence-corrected chi connectivity index (χ4v) is 2.46. The smallest absolute Gasteiger partial charge is 0.164 e. The molecule has 2 aromatic heterocycles. The number of aldehydes is 1. The van der Waals surface area contributed by atoms with Gasteiger partial charge in [0.2, 0.25) is 0 Å². The van der Waals surface area contributed by atoms with Gasteiger partial charge in [-0.05, 0) is 18.1 Å². The van der Waals surface area contributed by atoms with Gasteiger partial charge >= 0.3 is 0 Å². The summed E-state index contributed by atoms with van der Waals surface area (Å²) >= 11 is 0. The molecule has 0 unspecified atom stereocenters. The van der Waals surface area contributed by atoms with E-state index in [-0.39, 0.29) is 0 Å². The summed E-state index contributed by atoms with van der Waals surface area (Å²) in [5, 5.41) is 5.00. The Kier molecular flexibility index (Phi) is 4.99. The highest BCUT2D eigenvalue weighted by molar-refractivity contribution is 5.90. The van der Waals surface area contributed by atoms with E-state index in [4.69, 9.17) is 15.2 Å². The van der Waals surface area contributed by atoms with Gasteiger partial charge < -0.3 is 20.0 Å². The minimum Gasteiger partial charge on any atom is -0.497 e. The second-order valence-electron chi connectivity index (χ2n) is 5.34. The quantitative estimate of drug-likeness (QED) is 0.547. The van der Waals surface area contributed by atoms with E-state index in [0.29, 0.717) is 52.6 Å². The van der Waals surface area contributed by atoms with Gasteiger partial charge in [-0.1, -0.05) is 5.92 Å². The highest BCUT2D eigenvalue weighted by Gasteiger charge is 2.13. The summed E-state index contributed by atoms with van der Waals surface area (Å²) in [5.74, 6) is 7.60. The summed E-state index contributed by atoms with van der Waals surface area (Å²) < 4.78 is 12.1. The van der Waals surface area contributed by atoms with Crippen molar-refractivity contribution in [2.75, 3.05) is 20.0 Å². The third-order valence-electron chi connectivity index (χ3n) is 3.69. The number of fused-ring (bicyclic) bond motifs is 1. The van der Waals surface area contributed by atoms with Crippen LogP contribution in [-0.4, -0.2) is 40.3 Å². The molecule has 0 saturated heterocycles.